The number of carbonyl (C=O) groups is 1. The second-order valence-electron chi connectivity index (χ2n) is 7.33. The second-order valence-corrected chi connectivity index (χ2v) is 8.27. The Hall–Kier alpha value is -4.03. The van der Waals surface area contributed by atoms with Crippen LogP contribution in [0.5, 0.6) is 0 Å². The number of thiophene rings is 1. The SMILES string of the molecule is O=C(Cn1nc(-c2cccs2)c2ccccc2c1=O)Nc1ccc(-c2ccccc2)cc1. The molecular weight excluding hydrogens is 418 g/mol. The van der Waals surface area contributed by atoms with Crippen LogP contribution < -0.4 is 10.9 Å². The van der Waals surface area contributed by atoms with Crippen LogP contribution in [-0.4, -0.2) is 15.7 Å². The van der Waals surface area contributed by atoms with Crippen molar-refractivity contribution in [2.45, 2.75) is 6.54 Å². The maximum atomic E-state index is 13.0. The summed E-state index contributed by atoms with van der Waals surface area (Å²) in [5, 5.41) is 10.7. The molecule has 0 unspecified atom stereocenters. The largest absolute Gasteiger partial charge is 0.324 e. The van der Waals surface area contributed by atoms with E-state index < -0.39 is 0 Å². The highest BCUT2D eigenvalue weighted by molar-refractivity contribution is 7.13. The number of aromatic nitrogens is 2. The molecule has 5 rings (SSSR count). The Morgan fingerprint density at radius 2 is 1.50 bits per heavy atom. The first-order valence-corrected chi connectivity index (χ1v) is 11.1. The zero-order valence-electron chi connectivity index (χ0n) is 17.1. The predicted octanol–water partition coefficient (Wildman–Crippen LogP) is 5.43. The van der Waals surface area contributed by atoms with E-state index in [9.17, 15) is 9.59 Å². The van der Waals surface area contributed by atoms with E-state index in [-0.39, 0.29) is 18.0 Å². The van der Waals surface area contributed by atoms with Crippen LogP contribution in [0.4, 0.5) is 5.69 Å². The van der Waals surface area contributed by atoms with Gasteiger partial charge in [-0.05, 0) is 40.8 Å². The first kappa shape index (κ1) is 19.9. The maximum Gasteiger partial charge on any atom is 0.275 e. The van der Waals surface area contributed by atoms with Crippen LogP contribution in [0.1, 0.15) is 0 Å². The third kappa shape index (κ3) is 3.96. The molecule has 3 aromatic carbocycles. The maximum absolute atomic E-state index is 13.0. The van der Waals surface area contributed by atoms with Crippen molar-refractivity contribution in [3.63, 3.8) is 0 Å². The van der Waals surface area contributed by atoms with E-state index >= 15 is 0 Å². The molecule has 1 amide bonds. The Morgan fingerprint density at radius 3 is 2.22 bits per heavy atom. The van der Waals surface area contributed by atoms with Crippen LogP contribution in [0.25, 0.3) is 32.5 Å². The molecule has 6 heteroatoms. The van der Waals surface area contributed by atoms with Crippen molar-refractivity contribution < 1.29 is 4.79 Å². The van der Waals surface area contributed by atoms with E-state index in [1.165, 1.54) is 4.68 Å². The summed E-state index contributed by atoms with van der Waals surface area (Å²) in [6, 6.07) is 28.9. The van der Waals surface area contributed by atoms with Crippen molar-refractivity contribution in [1.29, 1.82) is 0 Å². The third-order valence-corrected chi connectivity index (χ3v) is 6.07. The standard InChI is InChI=1S/C26H19N3O2S/c30-24(27-20-14-12-19(13-15-20)18-7-2-1-3-8-18)17-29-26(31)22-10-5-4-9-21(22)25(28-29)23-11-6-16-32-23/h1-16H,17H2,(H,27,30). The molecule has 2 aromatic heterocycles. The number of anilines is 1. The van der Waals surface area contributed by atoms with Gasteiger partial charge in [0.25, 0.3) is 5.56 Å². The average molecular weight is 438 g/mol. The summed E-state index contributed by atoms with van der Waals surface area (Å²) in [4.78, 5) is 26.6. The van der Waals surface area contributed by atoms with Gasteiger partial charge in [-0.25, -0.2) is 4.68 Å². The molecule has 156 valence electrons. The van der Waals surface area contributed by atoms with Gasteiger partial charge >= 0.3 is 0 Å². The van der Waals surface area contributed by atoms with Gasteiger partial charge in [-0.15, -0.1) is 11.3 Å². The Kier molecular flexibility index (Phi) is 5.35. The minimum absolute atomic E-state index is 0.164. The molecule has 0 aliphatic rings. The van der Waals surface area contributed by atoms with Gasteiger partial charge in [0.05, 0.1) is 10.3 Å². The lowest BCUT2D eigenvalue weighted by atomic mass is 10.1. The summed E-state index contributed by atoms with van der Waals surface area (Å²) in [6.07, 6.45) is 0. The molecule has 0 spiro atoms. The number of rotatable bonds is 5. The smallest absolute Gasteiger partial charge is 0.275 e. The molecule has 0 radical (unpaired) electrons. The van der Waals surface area contributed by atoms with Gasteiger partial charge in [-0.2, -0.15) is 5.10 Å². The van der Waals surface area contributed by atoms with Gasteiger partial charge < -0.3 is 5.32 Å². The van der Waals surface area contributed by atoms with E-state index in [4.69, 9.17) is 0 Å². The molecular formula is C26H19N3O2S. The molecule has 5 nitrogen and oxygen atoms in total. The zero-order chi connectivity index (χ0) is 21.9. The highest BCUT2D eigenvalue weighted by Crippen LogP contribution is 2.28. The van der Waals surface area contributed by atoms with E-state index in [0.717, 1.165) is 21.4 Å². The minimum Gasteiger partial charge on any atom is -0.324 e. The van der Waals surface area contributed by atoms with Gasteiger partial charge in [0.1, 0.15) is 12.2 Å². The molecule has 0 saturated heterocycles. The highest BCUT2D eigenvalue weighted by Gasteiger charge is 2.15. The van der Waals surface area contributed by atoms with Crippen molar-refractivity contribution in [3.05, 3.63) is 107 Å². The topological polar surface area (TPSA) is 64.0 Å². The summed E-state index contributed by atoms with van der Waals surface area (Å²) in [6.45, 7) is -0.164. The van der Waals surface area contributed by atoms with Crippen molar-refractivity contribution in [2.75, 3.05) is 5.32 Å². The van der Waals surface area contributed by atoms with Gasteiger partial charge in [-0.1, -0.05) is 66.7 Å². The fourth-order valence-corrected chi connectivity index (χ4v) is 4.37. The quantitative estimate of drug-likeness (QED) is 0.399. The molecule has 2 heterocycles. The van der Waals surface area contributed by atoms with E-state index in [0.29, 0.717) is 16.8 Å². The molecule has 5 aromatic rings. The second kappa shape index (κ2) is 8.61. The average Bonchev–Trinajstić information content (AvgIpc) is 3.37. The number of nitrogens with one attached hydrogen (secondary N) is 1. The number of hydrogen-bond donors (Lipinski definition) is 1. The third-order valence-electron chi connectivity index (χ3n) is 5.19. The van der Waals surface area contributed by atoms with Crippen LogP contribution in [-0.2, 0) is 11.3 Å². The molecule has 0 aliphatic carbocycles. The molecule has 0 saturated carbocycles. The van der Waals surface area contributed by atoms with E-state index in [2.05, 4.69) is 10.4 Å². The number of nitrogens with zero attached hydrogens (tertiary/aromatic N) is 2. The Morgan fingerprint density at radius 1 is 0.812 bits per heavy atom. The van der Waals surface area contributed by atoms with Gasteiger partial charge in [0.2, 0.25) is 5.91 Å². The molecule has 0 bridgehead atoms. The van der Waals surface area contributed by atoms with Gasteiger partial charge in [0, 0.05) is 11.1 Å². The number of fused-ring (bicyclic) bond motifs is 1. The molecule has 0 fully saturated rings. The van der Waals surface area contributed by atoms with Crippen LogP contribution >= 0.6 is 11.3 Å². The summed E-state index contributed by atoms with van der Waals surface area (Å²) >= 11 is 1.55. The Labute approximate surface area is 188 Å². The normalized spacial score (nSPS) is 10.9. The van der Waals surface area contributed by atoms with Crippen LogP contribution in [0.3, 0.4) is 0 Å². The monoisotopic (exact) mass is 437 g/mol. The highest BCUT2D eigenvalue weighted by atomic mass is 32.1. The molecule has 0 aliphatic heterocycles. The predicted molar refractivity (Wildman–Crippen MR) is 130 cm³/mol. The summed E-state index contributed by atoms with van der Waals surface area (Å²) in [5.74, 6) is -0.306. The minimum atomic E-state index is -0.306. The Balaban J connectivity index is 1.40. The zero-order valence-corrected chi connectivity index (χ0v) is 17.9. The molecule has 32 heavy (non-hydrogen) atoms. The Bertz CT molecular complexity index is 1440. The lowest BCUT2D eigenvalue weighted by molar-refractivity contribution is -0.117. The van der Waals surface area contributed by atoms with E-state index in [1.54, 1.807) is 17.4 Å². The number of amides is 1. The van der Waals surface area contributed by atoms with Gasteiger partial charge in [-0.3, -0.25) is 9.59 Å². The first-order valence-electron chi connectivity index (χ1n) is 10.2. The van der Waals surface area contributed by atoms with Crippen LogP contribution in [0.15, 0.2) is 101 Å². The summed E-state index contributed by atoms with van der Waals surface area (Å²) in [5.41, 5.74) is 3.27. The van der Waals surface area contributed by atoms with E-state index in [1.807, 2.05) is 90.3 Å². The lowest BCUT2D eigenvalue weighted by Crippen LogP contribution is -2.30. The lowest BCUT2D eigenvalue weighted by Gasteiger charge is -2.11. The summed E-state index contributed by atoms with van der Waals surface area (Å²) < 4.78 is 1.24. The molecule has 1 N–H and O–H groups in total. The fraction of sp³-hybridized carbons (Fsp3) is 0.0385. The fourth-order valence-electron chi connectivity index (χ4n) is 3.65. The van der Waals surface area contributed by atoms with Gasteiger partial charge in [0.15, 0.2) is 0 Å². The van der Waals surface area contributed by atoms with Crippen molar-refractivity contribution in [1.82, 2.24) is 9.78 Å². The first-order chi connectivity index (χ1) is 15.7. The number of carbonyl (C=O) groups excluding carboxylic acids is 1. The van der Waals surface area contributed by atoms with Crippen molar-refractivity contribution in [3.8, 4) is 21.7 Å². The summed E-state index contributed by atoms with van der Waals surface area (Å²) in [7, 11) is 0. The number of benzene rings is 3. The van der Waals surface area contributed by atoms with Crippen LogP contribution in [0, 0.1) is 0 Å². The number of hydrogen-bond acceptors (Lipinski definition) is 4. The van der Waals surface area contributed by atoms with Crippen molar-refractivity contribution in [2.24, 2.45) is 0 Å². The molecule has 0 atom stereocenters. The van der Waals surface area contributed by atoms with Crippen molar-refractivity contribution >= 4 is 33.7 Å². The van der Waals surface area contributed by atoms with Crippen LogP contribution in [0.2, 0.25) is 0 Å².